The first-order valence-electron chi connectivity index (χ1n) is 9.27. The number of halogens is 1. The molecule has 0 saturated heterocycles. The molecule has 0 saturated carbocycles. The molecule has 0 spiro atoms. The van der Waals surface area contributed by atoms with Crippen molar-refractivity contribution in [3.05, 3.63) is 35.9 Å². The normalized spacial score (nSPS) is 11.8. The number of rotatable bonds is 11. The van der Waals surface area contributed by atoms with Gasteiger partial charge in [0.2, 0.25) is 0 Å². The molecule has 0 aliphatic rings. The number of hydrogen-bond donors (Lipinski definition) is 0. The van der Waals surface area contributed by atoms with Crippen molar-refractivity contribution in [3.8, 4) is 0 Å². The van der Waals surface area contributed by atoms with E-state index in [2.05, 4.69) is 51.1 Å². The minimum atomic E-state index is -5.94. The molecule has 0 fully saturated rings. The number of unbranched alkanes of at least 4 members (excludes halogenated alkanes) is 3. The molecular weight excluding hydrogens is 433 g/mol. The first kappa shape index (κ1) is 24.8. The molecule has 0 N–H and O–H groups in total. The van der Waals surface area contributed by atoms with Crippen molar-refractivity contribution in [2.24, 2.45) is 0 Å². The fourth-order valence-electron chi connectivity index (χ4n) is 3.02. The molecule has 0 aliphatic heterocycles. The highest BCUT2D eigenvalue weighted by Gasteiger charge is 2.25. The van der Waals surface area contributed by atoms with Gasteiger partial charge in [0.25, 0.3) is 0 Å². The fraction of sp³-hybridized carbons (Fsp3) is 0.684. The molecule has 1 aromatic rings. The average molecular weight is 467 g/mol. The number of nitrogens with zero attached hydrogens (tertiary/aromatic N) is 1. The Morgan fingerprint density at radius 3 is 1.40 bits per heavy atom. The fourth-order valence-corrected chi connectivity index (χ4v) is 3.02. The summed E-state index contributed by atoms with van der Waals surface area (Å²) in [7, 11) is 0. The molecule has 0 aliphatic carbocycles. The molecule has 6 heteroatoms. The Bertz CT molecular complexity index is 395. The lowest BCUT2D eigenvalue weighted by Crippen LogP contribution is -4.29. The minimum absolute atomic E-state index is 1.22. The van der Waals surface area contributed by atoms with Crippen molar-refractivity contribution in [1.29, 1.82) is 0 Å². The Hall–Kier alpha value is -0.250. The monoisotopic (exact) mass is 467 g/mol. The zero-order valence-corrected chi connectivity index (χ0v) is 18.1. The van der Waals surface area contributed by atoms with Crippen molar-refractivity contribution >= 4 is 0 Å². The van der Waals surface area contributed by atoms with E-state index >= 15 is 0 Å². The summed E-state index contributed by atoms with van der Waals surface area (Å²) in [5.74, 6) is 0. The van der Waals surface area contributed by atoms with Crippen LogP contribution in [0.2, 0.25) is 0 Å². The van der Waals surface area contributed by atoms with E-state index in [9.17, 15) is 0 Å². The second kappa shape index (κ2) is 13.9. The van der Waals surface area contributed by atoms with Gasteiger partial charge in [-0.1, -0.05) is 70.4 Å². The zero-order valence-electron chi connectivity index (χ0n) is 15.9. The smallest absolute Gasteiger partial charge is 0.144 e. The first-order chi connectivity index (χ1) is 11.8. The summed E-state index contributed by atoms with van der Waals surface area (Å²) in [6, 6.07) is 11.1. The Morgan fingerprint density at radius 1 is 0.720 bits per heavy atom. The molecule has 146 valence electrons. The standard InChI is InChI=1S/C19H34N.IO4/c1-4-7-15-20(16-8-5-2,17-9-6-3)18-19-13-11-10-12-14-19;2-1(3,4)5/h10-14H,4-9,15-18H2,1-3H3;/q+1;-1. The van der Waals surface area contributed by atoms with Crippen LogP contribution in [-0.2, 0) is 6.54 Å². The van der Waals surface area contributed by atoms with E-state index in [0.29, 0.717) is 0 Å². The second-order valence-electron chi connectivity index (χ2n) is 6.59. The lowest BCUT2D eigenvalue weighted by molar-refractivity contribution is -2.00. The molecule has 1 rings (SSSR count). The van der Waals surface area contributed by atoms with E-state index in [0.717, 1.165) is 0 Å². The van der Waals surface area contributed by atoms with Crippen LogP contribution >= 0.6 is 0 Å². The highest BCUT2D eigenvalue weighted by molar-refractivity contribution is 5.13. The molecular formula is C19H34INO4. The molecule has 0 radical (unpaired) electrons. The lowest BCUT2D eigenvalue weighted by atomic mass is 10.1. The third-order valence-electron chi connectivity index (χ3n) is 4.32. The largest absolute Gasteiger partial charge is 0.320 e. The maximum atomic E-state index is 8.62. The van der Waals surface area contributed by atoms with Crippen LogP contribution in [0.1, 0.15) is 64.9 Å². The highest BCUT2D eigenvalue weighted by atomic mass is 127. The molecule has 0 bridgehead atoms. The van der Waals surface area contributed by atoms with E-state index in [1.54, 1.807) is 0 Å². The van der Waals surface area contributed by atoms with Crippen LogP contribution in [0.5, 0.6) is 0 Å². The van der Waals surface area contributed by atoms with Crippen LogP contribution in [0.25, 0.3) is 0 Å². The maximum Gasteiger partial charge on any atom is 0.144 e. The molecule has 0 amide bonds. The van der Waals surface area contributed by atoms with E-state index in [1.165, 1.54) is 74.8 Å². The van der Waals surface area contributed by atoms with Gasteiger partial charge in [-0.3, -0.25) is 13.7 Å². The lowest BCUT2D eigenvalue weighted by Gasteiger charge is -2.39. The average Bonchev–Trinajstić information content (AvgIpc) is 2.55. The van der Waals surface area contributed by atoms with Crippen LogP contribution in [0.15, 0.2) is 30.3 Å². The molecule has 0 atom stereocenters. The van der Waals surface area contributed by atoms with Gasteiger partial charge >= 0.3 is 0 Å². The molecule has 1 aromatic carbocycles. The second-order valence-corrected chi connectivity index (χ2v) is 8.75. The summed E-state index contributed by atoms with van der Waals surface area (Å²) in [5, 5.41) is 0. The van der Waals surface area contributed by atoms with Crippen molar-refractivity contribution in [3.63, 3.8) is 0 Å². The van der Waals surface area contributed by atoms with Gasteiger partial charge in [-0.25, -0.2) is 0 Å². The van der Waals surface area contributed by atoms with Crippen LogP contribution in [0, 0.1) is 0 Å². The van der Waals surface area contributed by atoms with E-state index < -0.39 is 20.1 Å². The van der Waals surface area contributed by atoms with Gasteiger partial charge in [0.05, 0.1) is 19.6 Å². The maximum absolute atomic E-state index is 8.62. The van der Waals surface area contributed by atoms with Crippen LogP contribution in [0.3, 0.4) is 0 Å². The first-order valence-corrected chi connectivity index (χ1v) is 12.8. The van der Waals surface area contributed by atoms with Crippen molar-refractivity contribution in [1.82, 2.24) is 0 Å². The van der Waals surface area contributed by atoms with Gasteiger partial charge in [0.1, 0.15) is 26.6 Å². The molecule has 25 heavy (non-hydrogen) atoms. The Morgan fingerprint density at radius 2 is 1.08 bits per heavy atom. The van der Waals surface area contributed by atoms with Crippen molar-refractivity contribution < 1.29 is 38.3 Å². The number of quaternary nitrogens is 1. The van der Waals surface area contributed by atoms with Gasteiger partial charge in [-0.2, -0.15) is 0 Å². The molecule has 5 nitrogen and oxygen atoms in total. The van der Waals surface area contributed by atoms with E-state index in [-0.39, 0.29) is 0 Å². The summed E-state index contributed by atoms with van der Waals surface area (Å²) in [6.07, 6.45) is 8.02. The molecule has 0 aromatic heterocycles. The van der Waals surface area contributed by atoms with Gasteiger partial charge in [-0.15, -0.1) is 0 Å². The number of benzene rings is 1. The quantitative estimate of drug-likeness (QED) is 0.269. The summed E-state index contributed by atoms with van der Waals surface area (Å²) in [6.45, 7) is 12.2. The van der Waals surface area contributed by atoms with E-state index in [4.69, 9.17) is 13.7 Å². The number of hydrogen-bond acceptors (Lipinski definition) is 4. The summed E-state index contributed by atoms with van der Waals surface area (Å²) in [5.41, 5.74) is 1.51. The van der Waals surface area contributed by atoms with Crippen LogP contribution in [0.4, 0.5) is 0 Å². The van der Waals surface area contributed by atoms with Crippen LogP contribution < -0.4 is 33.8 Å². The third kappa shape index (κ3) is 14.6. The zero-order chi connectivity index (χ0) is 19.2. The Balaban J connectivity index is 0.00000101. The van der Waals surface area contributed by atoms with Gasteiger partial charge in [-0.05, 0) is 19.3 Å². The summed E-state index contributed by atoms with van der Waals surface area (Å²) < 4.78 is 35.8. The minimum Gasteiger partial charge on any atom is -0.320 e. The van der Waals surface area contributed by atoms with E-state index in [1.807, 2.05) is 0 Å². The van der Waals surface area contributed by atoms with Gasteiger partial charge in [0.15, 0.2) is 0 Å². The third-order valence-corrected chi connectivity index (χ3v) is 4.32. The Kier molecular flexibility index (Phi) is 13.7. The van der Waals surface area contributed by atoms with Crippen LogP contribution in [-0.4, -0.2) is 24.1 Å². The van der Waals surface area contributed by atoms with Crippen molar-refractivity contribution in [2.75, 3.05) is 19.6 Å². The Labute approximate surface area is 159 Å². The molecule has 0 heterocycles. The summed E-state index contributed by atoms with van der Waals surface area (Å²) in [4.78, 5) is 0. The van der Waals surface area contributed by atoms with Gasteiger partial charge in [0, 0.05) is 5.56 Å². The topological polar surface area (TPSA) is 92.2 Å². The SMILES string of the molecule is CCCC[N+](CCCC)(CCCC)Cc1ccccc1.[O-][I+3]([O-])([O-])[O-]. The molecule has 0 unspecified atom stereocenters. The predicted molar refractivity (Wildman–Crippen MR) is 89.7 cm³/mol. The van der Waals surface area contributed by atoms with Crippen molar-refractivity contribution in [2.45, 2.75) is 65.8 Å². The predicted octanol–water partition coefficient (Wildman–Crippen LogP) is -2.35. The summed E-state index contributed by atoms with van der Waals surface area (Å²) >= 11 is -5.94. The highest BCUT2D eigenvalue weighted by Crippen LogP contribution is 2.19. The van der Waals surface area contributed by atoms with Gasteiger partial charge < -0.3 is 4.48 Å².